The van der Waals surface area contributed by atoms with E-state index in [2.05, 4.69) is 25.9 Å². The zero-order valence-electron chi connectivity index (χ0n) is 14.7. The average molecular weight is 406 g/mol. The fraction of sp³-hybridized carbons (Fsp3) is 0. The second kappa shape index (κ2) is 8.21. The van der Waals surface area contributed by atoms with Gasteiger partial charge in [0.2, 0.25) is 0 Å². The van der Waals surface area contributed by atoms with E-state index in [1.54, 1.807) is 0 Å². The molecule has 0 spiro atoms. The van der Waals surface area contributed by atoms with Gasteiger partial charge in [-0.1, -0.05) is 35.9 Å². The van der Waals surface area contributed by atoms with Gasteiger partial charge in [-0.15, -0.1) is 0 Å². The molecular weight excluding hydrogens is 390 g/mol. The lowest BCUT2D eigenvalue weighted by Crippen LogP contribution is -2.18. The van der Waals surface area contributed by atoms with Crippen LogP contribution in [-0.4, -0.2) is 15.1 Å². The van der Waals surface area contributed by atoms with Crippen molar-refractivity contribution >= 4 is 62.7 Å². The van der Waals surface area contributed by atoms with Gasteiger partial charge < -0.3 is 16.0 Å². The van der Waals surface area contributed by atoms with Gasteiger partial charge in [0.1, 0.15) is 12.1 Å². The van der Waals surface area contributed by atoms with Crippen LogP contribution >= 0.6 is 23.8 Å². The Morgan fingerprint density at radius 2 is 1.57 bits per heavy atom. The first-order valence-corrected chi connectivity index (χ1v) is 9.36. The molecule has 138 valence electrons. The molecule has 0 saturated carbocycles. The zero-order chi connectivity index (χ0) is 19.3. The van der Waals surface area contributed by atoms with E-state index >= 15 is 0 Å². The summed E-state index contributed by atoms with van der Waals surface area (Å²) in [6.07, 6.45) is 1.53. The summed E-state index contributed by atoms with van der Waals surface area (Å²) in [7, 11) is 0. The smallest absolute Gasteiger partial charge is 0.175 e. The van der Waals surface area contributed by atoms with Crippen molar-refractivity contribution in [1.29, 1.82) is 0 Å². The third-order valence-electron chi connectivity index (χ3n) is 4.01. The highest BCUT2D eigenvalue weighted by molar-refractivity contribution is 7.80. The third-order valence-corrected chi connectivity index (χ3v) is 4.45. The minimum Gasteiger partial charge on any atom is -0.340 e. The number of para-hydroxylation sites is 1. The Morgan fingerprint density at radius 1 is 0.786 bits per heavy atom. The van der Waals surface area contributed by atoms with Crippen molar-refractivity contribution in [2.24, 2.45) is 0 Å². The molecule has 0 unspecified atom stereocenters. The summed E-state index contributed by atoms with van der Waals surface area (Å²) >= 11 is 11.5. The first kappa shape index (κ1) is 18.2. The van der Waals surface area contributed by atoms with Gasteiger partial charge in [-0.3, -0.25) is 0 Å². The molecule has 1 heterocycles. The minimum atomic E-state index is 0.506. The van der Waals surface area contributed by atoms with Gasteiger partial charge in [0.25, 0.3) is 0 Å². The second-order valence-electron chi connectivity index (χ2n) is 6.03. The van der Waals surface area contributed by atoms with E-state index in [0.717, 1.165) is 28.0 Å². The first-order chi connectivity index (χ1) is 13.7. The normalized spacial score (nSPS) is 10.5. The quantitative estimate of drug-likeness (QED) is 0.371. The van der Waals surface area contributed by atoms with Gasteiger partial charge in [0.05, 0.1) is 5.52 Å². The van der Waals surface area contributed by atoms with Crippen LogP contribution in [0.5, 0.6) is 0 Å². The fourth-order valence-electron chi connectivity index (χ4n) is 2.75. The Morgan fingerprint density at radius 3 is 2.39 bits per heavy atom. The van der Waals surface area contributed by atoms with E-state index in [0.29, 0.717) is 16.0 Å². The van der Waals surface area contributed by atoms with E-state index in [4.69, 9.17) is 23.8 Å². The van der Waals surface area contributed by atoms with Crippen molar-refractivity contribution in [2.75, 3.05) is 16.0 Å². The summed E-state index contributed by atoms with van der Waals surface area (Å²) in [5, 5.41) is 11.7. The molecule has 0 bridgehead atoms. The van der Waals surface area contributed by atoms with Crippen LogP contribution in [0.15, 0.2) is 79.1 Å². The van der Waals surface area contributed by atoms with Crippen molar-refractivity contribution in [3.05, 3.63) is 84.1 Å². The van der Waals surface area contributed by atoms with Crippen LogP contribution in [0.2, 0.25) is 5.02 Å². The Bertz CT molecular complexity index is 1130. The molecule has 0 saturated heterocycles. The maximum atomic E-state index is 6.07. The van der Waals surface area contributed by atoms with Crippen molar-refractivity contribution in [2.45, 2.75) is 0 Å². The predicted octanol–water partition coefficient (Wildman–Crippen LogP) is 5.84. The maximum absolute atomic E-state index is 6.07. The van der Waals surface area contributed by atoms with Crippen LogP contribution in [0.25, 0.3) is 10.9 Å². The number of rotatable bonds is 4. The van der Waals surface area contributed by atoms with Gasteiger partial charge in [0, 0.05) is 27.5 Å². The van der Waals surface area contributed by atoms with Crippen LogP contribution in [0.4, 0.5) is 22.9 Å². The summed E-state index contributed by atoms with van der Waals surface area (Å²) in [5.74, 6) is 0.692. The second-order valence-corrected chi connectivity index (χ2v) is 6.88. The maximum Gasteiger partial charge on any atom is 0.175 e. The minimum absolute atomic E-state index is 0.506. The largest absolute Gasteiger partial charge is 0.340 e. The molecule has 0 aliphatic carbocycles. The molecule has 4 rings (SSSR count). The Hall–Kier alpha value is -3.22. The molecule has 0 aliphatic heterocycles. The Balaban J connectivity index is 1.58. The SMILES string of the molecule is S=C(Nc1ccccc1)Nc1ccc2ncnc(Nc3cccc(Cl)c3)c2c1. The van der Waals surface area contributed by atoms with Crippen LogP contribution in [0.1, 0.15) is 0 Å². The van der Waals surface area contributed by atoms with Crippen LogP contribution in [0.3, 0.4) is 0 Å². The molecule has 1 aromatic heterocycles. The monoisotopic (exact) mass is 405 g/mol. The summed E-state index contributed by atoms with van der Waals surface area (Å²) < 4.78 is 0. The summed E-state index contributed by atoms with van der Waals surface area (Å²) in [6.45, 7) is 0. The summed E-state index contributed by atoms with van der Waals surface area (Å²) in [4.78, 5) is 8.71. The van der Waals surface area contributed by atoms with Gasteiger partial charge in [-0.25, -0.2) is 9.97 Å². The molecule has 3 N–H and O–H groups in total. The third kappa shape index (κ3) is 4.36. The highest BCUT2D eigenvalue weighted by Gasteiger charge is 2.07. The molecular formula is C21H16ClN5S. The lowest BCUT2D eigenvalue weighted by Gasteiger charge is -2.13. The van der Waals surface area contributed by atoms with Gasteiger partial charge >= 0.3 is 0 Å². The highest BCUT2D eigenvalue weighted by atomic mass is 35.5. The number of thiocarbonyl (C=S) groups is 1. The van der Waals surface area contributed by atoms with E-state index in [9.17, 15) is 0 Å². The number of aromatic nitrogens is 2. The van der Waals surface area contributed by atoms with Gasteiger partial charge in [-0.05, 0) is 60.7 Å². The summed E-state index contributed by atoms with van der Waals surface area (Å²) in [5.41, 5.74) is 3.44. The average Bonchev–Trinajstić information content (AvgIpc) is 2.69. The van der Waals surface area contributed by atoms with E-state index in [1.807, 2.05) is 72.8 Å². The van der Waals surface area contributed by atoms with Crippen molar-refractivity contribution in [3.63, 3.8) is 0 Å². The summed E-state index contributed by atoms with van der Waals surface area (Å²) in [6, 6.07) is 23.1. The van der Waals surface area contributed by atoms with Crippen LogP contribution in [0, 0.1) is 0 Å². The predicted molar refractivity (Wildman–Crippen MR) is 121 cm³/mol. The Labute approximate surface area is 172 Å². The molecule has 0 atom stereocenters. The van der Waals surface area contributed by atoms with E-state index in [1.165, 1.54) is 6.33 Å². The molecule has 5 nitrogen and oxygen atoms in total. The van der Waals surface area contributed by atoms with Gasteiger partial charge in [-0.2, -0.15) is 0 Å². The molecule has 7 heteroatoms. The molecule has 28 heavy (non-hydrogen) atoms. The molecule has 0 aliphatic rings. The number of benzene rings is 3. The van der Waals surface area contributed by atoms with Crippen molar-refractivity contribution < 1.29 is 0 Å². The number of hydrogen-bond acceptors (Lipinski definition) is 4. The standard InChI is InChI=1S/C21H16ClN5S/c22-14-5-4-8-16(11-14)25-20-18-12-17(9-10-19(18)23-13-24-20)27-21(28)26-15-6-2-1-3-7-15/h1-13H,(H,23,24,25)(H2,26,27,28). The number of halogens is 1. The number of nitrogens with one attached hydrogen (secondary N) is 3. The highest BCUT2D eigenvalue weighted by Crippen LogP contribution is 2.27. The molecule has 0 amide bonds. The fourth-order valence-corrected chi connectivity index (χ4v) is 3.18. The zero-order valence-corrected chi connectivity index (χ0v) is 16.3. The Kier molecular flexibility index (Phi) is 5.32. The number of hydrogen-bond donors (Lipinski definition) is 3. The number of nitrogens with zero attached hydrogens (tertiary/aromatic N) is 2. The molecule has 3 aromatic carbocycles. The van der Waals surface area contributed by atoms with E-state index < -0.39 is 0 Å². The van der Waals surface area contributed by atoms with Crippen molar-refractivity contribution in [3.8, 4) is 0 Å². The number of fused-ring (bicyclic) bond motifs is 1. The number of anilines is 4. The lowest BCUT2D eigenvalue weighted by atomic mass is 10.2. The lowest BCUT2D eigenvalue weighted by molar-refractivity contribution is 1.22. The van der Waals surface area contributed by atoms with Crippen LogP contribution in [-0.2, 0) is 0 Å². The topological polar surface area (TPSA) is 61.9 Å². The molecule has 0 radical (unpaired) electrons. The van der Waals surface area contributed by atoms with E-state index in [-0.39, 0.29) is 0 Å². The van der Waals surface area contributed by atoms with Crippen molar-refractivity contribution in [1.82, 2.24) is 9.97 Å². The molecule has 4 aromatic rings. The molecule has 0 fully saturated rings. The van der Waals surface area contributed by atoms with Gasteiger partial charge in [0.15, 0.2) is 5.11 Å². The van der Waals surface area contributed by atoms with Crippen LogP contribution < -0.4 is 16.0 Å². The first-order valence-electron chi connectivity index (χ1n) is 8.58.